The first-order chi connectivity index (χ1) is 11.1. The molecule has 1 N–H and O–H groups in total. The normalized spacial score (nSPS) is 17.2. The number of nitrogens with zero attached hydrogens (tertiary/aromatic N) is 2. The SMILES string of the molecule is CC(N/C=C(/C#N)C(=O)N(C)C1CCCCC1)c1ccccc1. The quantitative estimate of drug-likeness (QED) is 0.668. The van der Waals surface area contributed by atoms with E-state index in [1.54, 1.807) is 11.1 Å². The van der Waals surface area contributed by atoms with Crippen molar-refractivity contribution in [3.8, 4) is 6.07 Å². The summed E-state index contributed by atoms with van der Waals surface area (Å²) in [4.78, 5) is 14.3. The zero-order valence-corrected chi connectivity index (χ0v) is 14.0. The molecule has 0 spiro atoms. The topological polar surface area (TPSA) is 56.1 Å². The number of carbonyl (C=O) groups excluding carboxylic acids is 1. The van der Waals surface area contributed by atoms with Gasteiger partial charge in [0.15, 0.2) is 0 Å². The van der Waals surface area contributed by atoms with Crippen molar-refractivity contribution >= 4 is 5.91 Å². The van der Waals surface area contributed by atoms with E-state index in [2.05, 4.69) is 5.32 Å². The molecule has 1 aliphatic rings. The summed E-state index contributed by atoms with van der Waals surface area (Å²) in [6.45, 7) is 2.01. The molecule has 122 valence electrons. The van der Waals surface area contributed by atoms with Gasteiger partial charge >= 0.3 is 0 Å². The Labute approximate surface area is 138 Å². The van der Waals surface area contributed by atoms with Gasteiger partial charge in [-0.15, -0.1) is 0 Å². The van der Waals surface area contributed by atoms with Gasteiger partial charge in [-0.25, -0.2) is 0 Å². The van der Waals surface area contributed by atoms with Crippen LogP contribution in [0.5, 0.6) is 0 Å². The van der Waals surface area contributed by atoms with E-state index in [4.69, 9.17) is 0 Å². The van der Waals surface area contributed by atoms with E-state index in [9.17, 15) is 10.1 Å². The number of nitrogens with one attached hydrogen (secondary N) is 1. The van der Waals surface area contributed by atoms with Gasteiger partial charge in [0.2, 0.25) is 0 Å². The van der Waals surface area contributed by atoms with Gasteiger partial charge in [0, 0.05) is 25.3 Å². The van der Waals surface area contributed by atoms with Crippen molar-refractivity contribution in [1.82, 2.24) is 10.2 Å². The van der Waals surface area contributed by atoms with Gasteiger partial charge in [-0.1, -0.05) is 49.6 Å². The number of likely N-dealkylation sites (N-methyl/N-ethyl adjacent to an activating group) is 1. The molecular formula is C19H25N3O. The lowest BCUT2D eigenvalue weighted by atomic mass is 9.94. The predicted molar refractivity (Wildman–Crippen MR) is 91.3 cm³/mol. The second-order valence-corrected chi connectivity index (χ2v) is 6.18. The third-order valence-corrected chi connectivity index (χ3v) is 4.57. The Morgan fingerprint density at radius 2 is 1.96 bits per heavy atom. The number of benzene rings is 1. The largest absolute Gasteiger partial charge is 0.383 e. The zero-order chi connectivity index (χ0) is 16.7. The van der Waals surface area contributed by atoms with Crippen molar-refractivity contribution in [2.24, 2.45) is 0 Å². The summed E-state index contributed by atoms with van der Waals surface area (Å²) in [5.41, 5.74) is 1.29. The zero-order valence-electron chi connectivity index (χ0n) is 14.0. The van der Waals surface area contributed by atoms with Crippen LogP contribution in [0.3, 0.4) is 0 Å². The summed E-state index contributed by atoms with van der Waals surface area (Å²) in [6.07, 6.45) is 7.20. The summed E-state index contributed by atoms with van der Waals surface area (Å²) in [6, 6.07) is 12.3. The fourth-order valence-electron chi connectivity index (χ4n) is 3.01. The van der Waals surface area contributed by atoms with Crippen LogP contribution in [0.15, 0.2) is 42.1 Å². The second-order valence-electron chi connectivity index (χ2n) is 6.18. The van der Waals surface area contributed by atoms with E-state index in [0.717, 1.165) is 31.2 Å². The van der Waals surface area contributed by atoms with E-state index < -0.39 is 0 Å². The Morgan fingerprint density at radius 1 is 1.30 bits per heavy atom. The van der Waals surface area contributed by atoms with E-state index in [0.29, 0.717) is 0 Å². The molecule has 0 radical (unpaired) electrons. The van der Waals surface area contributed by atoms with Crippen molar-refractivity contribution in [2.45, 2.75) is 51.1 Å². The first-order valence-electron chi connectivity index (χ1n) is 8.32. The number of hydrogen-bond acceptors (Lipinski definition) is 3. The highest BCUT2D eigenvalue weighted by molar-refractivity contribution is 5.97. The molecule has 0 heterocycles. The Morgan fingerprint density at radius 3 is 2.57 bits per heavy atom. The van der Waals surface area contributed by atoms with Crippen molar-refractivity contribution in [2.75, 3.05) is 7.05 Å². The van der Waals surface area contributed by atoms with Crippen LogP contribution in [0, 0.1) is 11.3 Å². The molecule has 1 saturated carbocycles. The number of amides is 1. The van der Waals surface area contributed by atoms with Gasteiger partial charge in [0.05, 0.1) is 0 Å². The lowest BCUT2D eigenvalue weighted by Crippen LogP contribution is -2.39. The molecule has 1 aromatic rings. The van der Waals surface area contributed by atoms with Crippen molar-refractivity contribution in [3.05, 3.63) is 47.7 Å². The molecule has 0 saturated heterocycles. The molecule has 1 aromatic carbocycles. The van der Waals surface area contributed by atoms with Gasteiger partial charge < -0.3 is 10.2 Å². The van der Waals surface area contributed by atoms with E-state index in [-0.39, 0.29) is 23.6 Å². The monoisotopic (exact) mass is 311 g/mol. The van der Waals surface area contributed by atoms with Gasteiger partial charge in [-0.3, -0.25) is 4.79 Å². The van der Waals surface area contributed by atoms with Crippen LogP contribution >= 0.6 is 0 Å². The van der Waals surface area contributed by atoms with Gasteiger partial charge in [-0.05, 0) is 25.3 Å². The minimum absolute atomic E-state index is 0.0485. The minimum Gasteiger partial charge on any atom is -0.383 e. The maximum atomic E-state index is 12.5. The summed E-state index contributed by atoms with van der Waals surface area (Å²) < 4.78 is 0. The molecule has 1 fully saturated rings. The van der Waals surface area contributed by atoms with Crippen molar-refractivity contribution < 1.29 is 4.79 Å². The van der Waals surface area contributed by atoms with Gasteiger partial charge in [-0.2, -0.15) is 5.26 Å². The van der Waals surface area contributed by atoms with Crippen LogP contribution in [0.2, 0.25) is 0 Å². The average molecular weight is 311 g/mol. The smallest absolute Gasteiger partial charge is 0.265 e. The first kappa shape index (κ1) is 17.1. The molecule has 1 aliphatic carbocycles. The fraction of sp³-hybridized carbons (Fsp3) is 0.474. The molecule has 1 unspecified atom stereocenters. The Balaban J connectivity index is 2.00. The average Bonchev–Trinajstić information content (AvgIpc) is 2.62. The van der Waals surface area contributed by atoms with Crippen LogP contribution in [0.4, 0.5) is 0 Å². The van der Waals surface area contributed by atoms with E-state index in [1.807, 2.05) is 50.4 Å². The highest BCUT2D eigenvalue weighted by Crippen LogP contribution is 2.22. The summed E-state index contributed by atoms with van der Waals surface area (Å²) >= 11 is 0. The molecule has 1 atom stereocenters. The molecule has 0 aromatic heterocycles. The van der Waals surface area contributed by atoms with Crippen molar-refractivity contribution in [1.29, 1.82) is 5.26 Å². The molecule has 2 rings (SSSR count). The highest BCUT2D eigenvalue weighted by Gasteiger charge is 2.24. The highest BCUT2D eigenvalue weighted by atomic mass is 16.2. The number of rotatable bonds is 5. The molecule has 0 bridgehead atoms. The molecule has 4 heteroatoms. The molecule has 4 nitrogen and oxygen atoms in total. The maximum Gasteiger partial charge on any atom is 0.265 e. The van der Waals surface area contributed by atoms with Gasteiger partial charge in [0.25, 0.3) is 5.91 Å². The third kappa shape index (κ3) is 4.59. The predicted octanol–water partition coefficient (Wildman–Crippen LogP) is 3.54. The standard InChI is InChI=1S/C19H25N3O/c1-15(16-9-5-3-6-10-16)21-14-17(13-20)19(23)22(2)18-11-7-4-8-12-18/h3,5-6,9-10,14-15,18,21H,4,7-8,11-12H2,1-2H3/b17-14-. The van der Waals surface area contributed by atoms with Crippen molar-refractivity contribution in [3.63, 3.8) is 0 Å². The van der Waals surface area contributed by atoms with Gasteiger partial charge in [0.1, 0.15) is 11.6 Å². The second kappa shape index (κ2) is 8.38. The number of carbonyl (C=O) groups is 1. The molecule has 23 heavy (non-hydrogen) atoms. The minimum atomic E-state index is -0.188. The Hall–Kier alpha value is -2.28. The number of nitriles is 1. The third-order valence-electron chi connectivity index (χ3n) is 4.57. The Bertz CT molecular complexity index is 582. The van der Waals surface area contributed by atoms with Crippen LogP contribution in [0.25, 0.3) is 0 Å². The molecule has 1 amide bonds. The first-order valence-corrected chi connectivity index (χ1v) is 8.32. The lowest BCUT2D eigenvalue weighted by molar-refractivity contribution is -0.128. The maximum absolute atomic E-state index is 12.5. The lowest BCUT2D eigenvalue weighted by Gasteiger charge is -2.31. The van der Waals surface area contributed by atoms with Crippen LogP contribution in [0.1, 0.15) is 50.6 Å². The molecule has 0 aliphatic heterocycles. The number of hydrogen-bond donors (Lipinski definition) is 1. The fourth-order valence-corrected chi connectivity index (χ4v) is 3.01. The summed E-state index contributed by atoms with van der Waals surface area (Å²) in [5, 5.41) is 12.5. The summed E-state index contributed by atoms with van der Waals surface area (Å²) in [5.74, 6) is -0.188. The van der Waals surface area contributed by atoms with Crippen LogP contribution in [-0.4, -0.2) is 23.9 Å². The Kier molecular flexibility index (Phi) is 6.22. The van der Waals surface area contributed by atoms with Crippen LogP contribution in [-0.2, 0) is 4.79 Å². The van der Waals surface area contributed by atoms with E-state index >= 15 is 0 Å². The van der Waals surface area contributed by atoms with E-state index in [1.165, 1.54) is 6.42 Å². The summed E-state index contributed by atoms with van der Waals surface area (Å²) in [7, 11) is 1.81. The molecular weight excluding hydrogens is 286 g/mol. The van der Waals surface area contributed by atoms with Crippen LogP contribution < -0.4 is 5.32 Å².